The van der Waals surface area contributed by atoms with Gasteiger partial charge in [0.25, 0.3) is 0 Å². The van der Waals surface area contributed by atoms with E-state index in [4.69, 9.17) is 32.6 Å². The van der Waals surface area contributed by atoms with Crippen LogP contribution in [0.2, 0.25) is 0 Å². The Kier molecular flexibility index (Phi) is 12.7. The molecule has 8 nitrogen and oxygen atoms in total. The van der Waals surface area contributed by atoms with E-state index in [2.05, 4.69) is 12.1 Å². The Morgan fingerprint density at radius 3 is 1.14 bits per heavy atom. The maximum Gasteiger partial charge on any atom is 0.323 e. The molecule has 0 amide bonds. The third-order valence-electron chi connectivity index (χ3n) is 10.5. The summed E-state index contributed by atoms with van der Waals surface area (Å²) in [7, 11) is -3.18. The van der Waals surface area contributed by atoms with Crippen molar-refractivity contribution in [1.82, 2.24) is 0 Å². The average molecular weight is 791 g/mol. The first-order valence-corrected chi connectivity index (χ1v) is 22.5. The Bertz CT molecular complexity index is 1630. The maximum absolute atomic E-state index is 15.8. The summed E-state index contributed by atoms with van der Waals surface area (Å²) in [6.45, 7) is 24.0. The van der Waals surface area contributed by atoms with Crippen molar-refractivity contribution in [3.63, 3.8) is 0 Å². The van der Waals surface area contributed by atoms with Gasteiger partial charge in [0.15, 0.2) is 0 Å². The van der Waals surface area contributed by atoms with Crippen molar-refractivity contribution < 1.29 is 37.4 Å². The van der Waals surface area contributed by atoms with E-state index in [1.165, 1.54) is 19.3 Å². The highest BCUT2D eigenvalue weighted by atomic mass is 32.3. The second-order valence-corrected chi connectivity index (χ2v) is 20.5. The van der Waals surface area contributed by atoms with Crippen molar-refractivity contribution in [3.05, 3.63) is 54.6 Å². The Hall–Kier alpha value is -3.72. The summed E-state index contributed by atoms with van der Waals surface area (Å²) in [5.41, 5.74) is -0.584. The van der Waals surface area contributed by atoms with Gasteiger partial charge in [0.05, 0.1) is 42.0 Å². The Labute approximate surface area is 337 Å². The number of benzene rings is 3. The lowest BCUT2D eigenvalue weighted by Crippen LogP contribution is -2.50. The molecule has 4 fully saturated rings. The summed E-state index contributed by atoms with van der Waals surface area (Å²) in [6.07, 6.45) is 5.00. The average Bonchev–Trinajstić information content (AvgIpc) is 3.06. The van der Waals surface area contributed by atoms with E-state index in [1.54, 1.807) is 0 Å². The Balaban J connectivity index is 1.79. The minimum atomic E-state index is -3.18. The van der Waals surface area contributed by atoms with Crippen LogP contribution in [0.3, 0.4) is 0 Å². The Morgan fingerprint density at radius 1 is 0.518 bits per heavy atom. The quantitative estimate of drug-likeness (QED) is 0.134. The van der Waals surface area contributed by atoms with Gasteiger partial charge in [-0.15, -0.1) is 0 Å². The van der Waals surface area contributed by atoms with Crippen molar-refractivity contribution in [1.29, 1.82) is 0 Å². The lowest BCUT2D eigenvalue weighted by molar-refractivity contribution is -0.160. The van der Waals surface area contributed by atoms with E-state index in [0.717, 1.165) is 24.2 Å². The standard InChI is InChI=1S/C47H66O8S/c1-28(2)49-37-21-40(51-30(5)6)44(41(22-37)52-31(7)8)56(39-16-14-13-15-17-39,55-46(48)47-25-34-18-35(26-47)20-36(19-34)27-47)45-42(53-32(9)10)23-38(50-29(3)4)24-43(45)54-33(11)12/h13-17,21-24,28-36H,18-20,25-27H2,1-12H3. The second-order valence-electron chi connectivity index (χ2n) is 17.9. The second kappa shape index (κ2) is 17.0. The van der Waals surface area contributed by atoms with Gasteiger partial charge in [-0.1, -0.05) is 18.2 Å². The fraction of sp³-hybridized carbons (Fsp3) is 0.596. The van der Waals surface area contributed by atoms with Gasteiger partial charge < -0.3 is 32.6 Å². The number of ether oxygens (including phenoxy) is 6. The van der Waals surface area contributed by atoms with E-state index < -0.39 is 15.7 Å². The predicted molar refractivity (Wildman–Crippen MR) is 223 cm³/mol. The summed E-state index contributed by atoms with van der Waals surface area (Å²) >= 11 is 0. The molecule has 7 rings (SSSR count). The number of hydrogen-bond donors (Lipinski definition) is 0. The third kappa shape index (κ3) is 9.03. The van der Waals surface area contributed by atoms with Crippen LogP contribution < -0.4 is 28.4 Å². The molecule has 0 atom stereocenters. The van der Waals surface area contributed by atoms with Crippen LogP contribution in [0.25, 0.3) is 0 Å². The number of rotatable bonds is 17. The highest BCUT2D eigenvalue weighted by Crippen LogP contribution is 2.78. The molecule has 0 heterocycles. The molecule has 0 spiro atoms. The number of hydrogen-bond acceptors (Lipinski definition) is 8. The summed E-state index contributed by atoms with van der Waals surface area (Å²) < 4.78 is 47.8. The van der Waals surface area contributed by atoms with Crippen LogP contribution in [0.15, 0.2) is 69.3 Å². The Morgan fingerprint density at radius 2 is 0.839 bits per heavy atom. The molecule has 0 aliphatic heterocycles. The zero-order valence-electron chi connectivity index (χ0n) is 35.8. The van der Waals surface area contributed by atoms with Gasteiger partial charge in [-0.25, -0.2) is 0 Å². The van der Waals surface area contributed by atoms with Gasteiger partial charge in [0.1, 0.15) is 44.3 Å². The van der Waals surface area contributed by atoms with E-state index in [9.17, 15) is 0 Å². The van der Waals surface area contributed by atoms with Crippen LogP contribution in [0, 0.1) is 23.2 Å². The van der Waals surface area contributed by atoms with Crippen LogP contribution in [-0.2, 0) is 8.98 Å². The van der Waals surface area contributed by atoms with Crippen molar-refractivity contribution >= 4 is 16.3 Å². The predicted octanol–water partition coefficient (Wildman–Crippen LogP) is 12.4. The van der Waals surface area contributed by atoms with Crippen LogP contribution in [0.5, 0.6) is 34.5 Å². The van der Waals surface area contributed by atoms with Gasteiger partial charge in [0, 0.05) is 39.5 Å². The van der Waals surface area contributed by atoms with Crippen LogP contribution in [0.4, 0.5) is 0 Å². The fourth-order valence-electron chi connectivity index (χ4n) is 9.36. The minimum absolute atomic E-state index is 0.106. The molecule has 0 N–H and O–H groups in total. The smallest absolute Gasteiger partial charge is 0.323 e. The fourth-order valence-corrected chi connectivity index (χ4v) is 12.8. The highest BCUT2D eigenvalue weighted by molar-refractivity contribution is 8.30. The van der Waals surface area contributed by atoms with Crippen LogP contribution >= 0.6 is 10.3 Å². The van der Waals surface area contributed by atoms with Crippen molar-refractivity contribution in [2.45, 2.75) is 173 Å². The number of carbonyl (C=O) groups is 1. The molecule has 9 heteroatoms. The molecule has 4 aliphatic carbocycles. The first-order valence-electron chi connectivity index (χ1n) is 21.0. The summed E-state index contributed by atoms with van der Waals surface area (Å²) in [6, 6.07) is 17.8. The molecule has 4 saturated carbocycles. The van der Waals surface area contributed by atoms with Crippen molar-refractivity contribution in [2.24, 2.45) is 23.2 Å². The van der Waals surface area contributed by atoms with Gasteiger partial charge >= 0.3 is 5.97 Å². The maximum atomic E-state index is 15.8. The molecule has 0 unspecified atom stereocenters. The molecule has 3 aromatic carbocycles. The SMILES string of the molecule is CC(C)Oc1cc(OC(C)C)c(S(OC(=O)C23CC4CC(CC(C4)C2)C3)(c2ccccc2)c2c(OC(C)C)cc(OC(C)C)cc2OC(C)C)c(OC(C)C)c1. The van der Waals surface area contributed by atoms with E-state index in [1.807, 2.05) is 126 Å². The van der Waals surface area contributed by atoms with E-state index >= 15 is 4.79 Å². The molecule has 4 aliphatic rings. The highest BCUT2D eigenvalue weighted by Gasteiger charge is 2.58. The largest absolute Gasteiger partial charge is 0.491 e. The third-order valence-corrected chi connectivity index (χ3v) is 13.8. The van der Waals surface area contributed by atoms with Gasteiger partial charge in [-0.05, 0) is 151 Å². The molecule has 56 heavy (non-hydrogen) atoms. The van der Waals surface area contributed by atoms with Crippen LogP contribution in [0.1, 0.15) is 122 Å². The molecule has 0 saturated heterocycles. The lowest BCUT2D eigenvalue weighted by Gasteiger charge is -2.56. The minimum Gasteiger partial charge on any atom is -0.491 e. The zero-order valence-corrected chi connectivity index (χ0v) is 36.6. The molecular formula is C47H66O8S. The molecule has 4 bridgehead atoms. The van der Waals surface area contributed by atoms with Gasteiger partial charge in [0.2, 0.25) is 0 Å². The first-order chi connectivity index (χ1) is 26.5. The summed E-state index contributed by atoms with van der Waals surface area (Å²) in [4.78, 5) is 17.8. The molecule has 3 aromatic rings. The van der Waals surface area contributed by atoms with Crippen molar-refractivity contribution in [3.8, 4) is 34.5 Å². The molecule has 0 aromatic heterocycles. The van der Waals surface area contributed by atoms with Gasteiger partial charge in [-0.3, -0.25) is 4.79 Å². The summed E-state index contributed by atoms with van der Waals surface area (Å²) in [5.74, 6) is 4.69. The molecule has 308 valence electrons. The molecule has 0 radical (unpaired) electrons. The monoisotopic (exact) mass is 790 g/mol. The zero-order chi connectivity index (χ0) is 40.5. The first kappa shape index (κ1) is 41.9. The lowest BCUT2D eigenvalue weighted by atomic mass is 9.49. The van der Waals surface area contributed by atoms with Crippen molar-refractivity contribution in [2.75, 3.05) is 0 Å². The molecular weight excluding hydrogens is 725 g/mol. The number of carbonyl (C=O) groups excluding carboxylic acids is 1. The van der Waals surface area contributed by atoms with E-state index in [0.29, 0.717) is 62.0 Å². The normalized spacial score (nSPS) is 22.0. The van der Waals surface area contributed by atoms with E-state index in [-0.39, 0.29) is 42.6 Å². The topological polar surface area (TPSA) is 81.7 Å². The summed E-state index contributed by atoms with van der Waals surface area (Å²) in [5, 5.41) is 0. The van der Waals surface area contributed by atoms with Crippen LogP contribution in [-0.4, -0.2) is 42.6 Å². The van der Waals surface area contributed by atoms with Gasteiger partial charge in [-0.2, -0.15) is 0 Å².